The van der Waals surface area contributed by atoms with E-state index < -0.39 is 57.4 Å². The molecule has 0 saturated heterocycles. The third-order valence-electron chi connectivity index (χ3n) is 5.87. The van der Waals surface area contributed by atoms with Crippen molar-refractivity contribution >= 4 is 98.3 Å². The van der Waals surface area contributed by atoms with E-state index in [9.17, 15) is 38.9 Å². The fourth-order valence-electron chi connectivity index (χ4n) is 3.84. The second-order valence-corrected chi connectivity index (χ2v) is 16.5. The predicted octanol–water partition coefficient (Wildman–Crippen LogP) is -9.04. The first-order chi connectivity index (χ1) is 23.8. The Labute approximate surface area is 415 Å². The minimum Gasteiger partial charge on any atom is -0.754 e. The number of ether oxygens (including phenoxy) is 1. The number of hydrogen-bond donors (Lipinski definition) is 1. The molecule has 0 aliphatic carbocycles. The molecule has 0 spiro atoms. The van der Waals surface area contributed by atoms with Gasteiger partial charge in [0.1, 0.15) is 5.75 Å². The van der Waals surface area contributed by atoms with Gasteiger partial charge in [-0.05, 0) is 42.0 Å². The van der Waals surface area contributed by atoms with Crippen molar-refractivity contribution in [1.29, 1.82) is 0 Å². The van der Waals surface area contributed by atoms with E-state index >= 15 is 0 Å². The van der Waals surface area contributed by atoms with Gasteiger partial charge < -0.3 is 23.7 Å². The molecule has 19 nitrogen and oxygen atoms in total. The summed E-state index contributed by atoms with van der Waals surface area (Å²) in [5.41, 5.74) is 1.05. The summed E-state index contributed by atoms with van der Waals surface area (Å²) in [5, 5.41) is 12.4. The molecule has 1 aromatic heterocycles. The molecule has 3 aromatic carbocycles. The Morgan fingerprint density at radius 1 is 0.764 bits per heavy atom. The van der Waals surface area contributed by atoms with Gasteiger partial charge in [-0.2, -0.15) is 43.4 Å². The van der Waals surface area contributed by atoms with E-state index in [4.69, 9.17) is 17.4 Å². The number of rotatable bonds is 16. The second-order valence-electron chi connectivity index (χ2n) is 9.61. The van der Waals surface area contributed by atoms with Crippen molar-refractivity contribution in [2.45, 2.75) is 28.0 Å². The van der Waals surface area contributed by atoms with Crippen molar-refractivity contribution in [3.63, 3.8) is 0 Å². The number of methoxy groups -OCH3 is 1. The van der Waals surface area contributed by atoms with E-state index in [1.165, 1.54) is 13.2 Å². The molecular formula is C26H24N6Na4O13S6. The molecule has 0 saturated carbocycles. The Morgan fingerprint density at radius 3 is 1.73 bits per heavy atom. The van der Waals surface area contributed by atoms with Crippen LogP contribution in [0.3, 0.4) is 0 Å². The number of thioether (sulfide) groups is 2. The summed E-state index contributed by atoms with van der Waals surface area (Å²) in [5.74, 6) is -0.286. The van der Waals surface area contributed by atoms with Crippen LogP contribution in [-0.2, 0) is 41.0 Å². The Hall–Kier alpha value is 0.180. The predicted molar refractivity (Wildman–Crippen MR) is 181 cm³/mol. The molecule has 0 atom stereocenters. The number of hydrogen-bond acceptors (Lipinski definition) is 21. The van der Waals surface area contributed by atoms with Crippen LogP contribution in [0.4, 0.5) is 23.0 Å². The van der Waals surface area contributed by atoms with E-state index in [-0.39, 0.29) is 170 Å². The van der Waals surface area contributed by atoms with Crippen LogP contribution in [0.15, 0.2) is 74.0 Å². The fourth-order valence-corrected chi connectivity index (χ4v) is 7.46. The van der Waals surface area contributed by atoms with E-state index in [1.807, 2.05) is 0 Å². The van der Waals surface area contributed by atoms with Crippen molar-refractivity contribution in [2.24, 2.45) is 10.2 Å². The molecule has 0 amide bonds. The van der Waals surface area contributed by atoms with Crippen molar-refractivity contribution < 1.29 is 175 Å². The summed E-state index contributed by atoms with van der Waals surface area (Å²) in [6.07, 6.45) is 0.130. The number of benzene rings is 3. The summed E-state index contributed by atoms with van der Waals surface area (Å²) >= 11 is 2.17. The molecule has 4 aromatic rings. The molecule has 276 valence electrons. The SMILES string of the molecule is COc1cc(N=Nc2ccc3c[c-]cc(S(=O)(=O)[O-])c3c2)ccc1Nc1nc(SCCCS(=O)(=O)[O-])nc(SCCCS(=O)(=O)[O-])n1.O=S(=O)=O.[Na+].[Na+].[Na+].[Na+]. The topological polar surface area (TPSA) is 307 Å². The quantitative estimate of drug-likeness (QED) is 0.0272. The molecule has 0 fully saturated rings. The standard InChI is InChI=1S/C26H27N6O10S5.4Na.O3S/c1-42-22-16-19(32-31-18-8-7-17-5-2-6-23(20(17)15-18)47(39,40)41)9-10-21(22)27-24-28-25(43-11-3-13-45(33,34)35)30-26(29-24)44-12-4-14-46(36,37)38;;;;;1-4(2)3/h5-10,15-16H,3-4,11-14H2,1H3,(H,33,34,35)(H,36,37,38)(H,39,40,41)(H,27,28,29,30);;;;;/q-1;4*+1;/p-3. The Balaban J connectivity index is 0. The number of fused-ring (bicyclic) bond motifs is 1. The molecule has 0 radical (unpaired) electrons. The van der Waals surface area contributed by atoms with Gasteiger partial charge in [0, 0.05) is 29.1 Å². The Kier molecular flexibility index (Phi) is 28.2. The summed E-state index contributed by atoms with van der Waals surface area (Å²) in [6, 6.07) is 14.6. The summed E-state index contributed by atoms with van der Waals surface area (Å²) < 4.78 is 131. The average molecular weight is 913 g/mol. The van der Waals surface area contributed by atoms with Gasteiger partial charge in [-0.1, -0.05) is 23.5 Å². The van der Waals surface area contributed by atoms with Gasteiger partial charge in [0.05, 0.1) is 54.5 Å². The molecule has 0 aliphatic rings. The molecule has 0 aliphatic heterocycles. The Bertz CT molecular complexity index is 2300. The van der Waals surface area contributed by atoms with Gasteiger partial charge in [-0.25, -0.2) is 16.8 Å². The van der Waals surface area contributed by atoms with Crippen molar-refractivity contribution in [1.82, 2.24) is 15.0 Å². The maximum absolute atomic E-state index is 11.7. The van der Waals surface area contributed by atoms with Crippen LogP contribution < -0.4 is 128 Å². The molecule has 29 heteroatoms. The zero-order valence-electron chi connectivity index (χ0n) is 29.9. The third-order valence-corrected chi connectivity index (χ3v) is 10.2. The van der Waals surface area contributed by atoms with Crippen LogP contribution >= 0.6 is 23.5 Å². The van der Waals surface area contributed by atoms with Crippen LogP contribution in [0.2, 0.25) is 0 Å². The minimum atomic E-state index is -4.74. The largest absolute Gasteiger partial charge is 1.00 e. The van der Waals surface area contributed by atoms with E-state index in [0.717, 1.165) is 29.6 Å². The first kappa shape index (κ1) is 57.3. The first-order valence-electron chi connectivity index (χ1n) is 13.7. The smallest absolute Gasteiger partial charge is 0.754 e. The molecular weight excluding hydrogens is 889 g/mol. The maximum Gasteiger partial charge on any atom is 1.00 e. The number of nitrogens with zero attached hydrogens (tertiary/aromatic N) is 5. The number of nitrogens with one attached hydrogen (secondary N) is 1. The second kappa shape index (κ2) is 27.1. The van der Waals surface area contributed by atoms with Crippen LogP contribution in [0.25, 0.3) is 10.8 Å². The molecule has 55 heavy (non-hydrogen) atoms. The Morgan fingerprint density at radius 2 is 1.25 bits per heavy atom. The van der Waals surface area contributed by atoms with Crippen LogP contribution in [0.5, 0.6) is 5.75 Å². The van der Waals surface area contributed by atoms with Gasteiger partial charge in [-0.3, -0.25) is 8.42 Å². The molecule has 0 unspecified atom stereocenters. The minimum absolute atomic E-state index is 0. The monoisotopic (exact) mass is 912 g/mol. The van der Waals surface area contributed by atoms with E-state index in [1.54, 1.807) is 36.4 Å². The molecule has 4 rings (SSSR count). The van der Waals surface area contributed by atoms with E-state index in [0.29, 0.717) is 22.5 Å². The van der Waals surface area contributed by atoms with Crippen LogP contribution in [0.1, 0.15) is 12.8 Å². The molecule has 0 bridgehead atoms. The summed E-state index contributed by atoms with van der Waals surface area (Å²) in [7, 11) is -15.2. The number of aromatic nitrogens is 3. The maximum atomic E-state index is 11.7. The van der Waals surface area contributed by atoms with Gasteiger partial charge in [-0.15, -0.1) is 29.5 Å². The fraction of sp³-hybridized carbons (Fsp3) is 0.269. The van der Waals surface area contributed by atoms with Gasteiger partial charge in [0.2, 0.25) is 5.95 Å². The zero-order valence-corrected chi connectivity index (χ0v) is 42.8. The average Bonchev–Trinajstić information content (AvgIpc) is 3.02. The number of anilines is 2. The van der Waals surface area contributed by atoms with Crippen LogP contribution in [-0.4, -0.2) is 96.6 Å². The summed E-state index contributed by atoms with van der Waals surface area (Å²) in [4.78, 5) is 12.5. The van der Waals surface area contributed by atoms with Gasteiger partial charge >= 0.3 is 129 Å². The zero-order chi connectivity index (χ0) is 37.8. The van der Waals surface area contributed by atoms with Crippen molar-refractivity contribution in [3.05, 3.63) is 54.6 Å². The van der Waals surface area contributed by atoms with Crippen molar-refractivity contribution in [2.75, 3.05) is 35.4 Å². The summed E-state index contributed by atoms with van der Waals surface area (Å²) in [6.45, 7) is 0. The van der Waals surface area contributed by atoms with Crippen LogP contribution in [0, 0.1) is 6.07 Å². The first-order valence-corrected chi connectivity index (χ1v) is 21.3. The molecule has 1 heterocycles. The molecule has 1 N–H and O–H groups in total. The normalized spacial score (nSPS) is 11.1. The van der Waals surface area contributed by atoms with Gasteiger partial charge in [0.15, 0.2) is 10.3 Å². The number of azo groups is 1. The van der Waals surface area contributed by atoms with Crippen molar-refractivity contribution in [3.8, 4) is 5.75 Å². The van der Waals surface area contributed by atoms with Gasteiger partial charge in [0.25, 0.3) is 0 Å². The van der Waals surface area contributed by atoms with E-state index in [2.05, 4.69) is 36.6 Å². The third kappa shape index (κ3) is 22.4.